The Morgan fingerprint density at radius 1 is 1.11 bits per heavy atom. The first-order valence-electron chi connectivity index (χ1n) is 5.36. The highest BCUT2D eigenvalue weighted by Gasteiger charge is 2.12. The van der Waals surface area contributed by atoms with Crippen LogP contribution in [0.4, 0.5) is 5.69 Å². The van der Waals surface area contributed by atoms with Crippen molar-refractivity contribution in [2.24, 2.45) is 5.73 Å². The first kappa shape index (κ1) is 16.2. The third kappa shape index (κ3) is 5.05. The third-order valence-electron chi connectivity index (χ3n) is 2.28. The molecule has 0 atom stereocenters. The van der Waals surface area contributed by atoms with Gasteiger partial charge in [0.2, 0.25) is 0 Å². The summed E-state index contributed by atoms with van der Waals surface area (Å²) in [6.07, 6.45) is 0. The number of guanidine groups is 2. The molecule has 0 saturated heterocycles. The molecule has 100 valence electrons. The van der Waals surface area contributed by atoms with Gasteiger partial charge in [0.05, 0.1) is 0 Å². The second kappa shape index (κ2) is 6.26. The molecule has 0 spiro atoms. The number of nitrogens with one attached hydrogen (secondary N) is 4. The van der Waals surface area contributed by atoms with Crippen molar-refractivity contribution < 1.29 is 0 Å². The Kier molecular flexibility index (Phi) is 5.65. The van der Waals surface area contributed by atoms with Crippen LogP contribution in [-0.2, 0) is 5.41 Å². The van der Waals surface area contributed by atoms with E-state index < -0.39 is 0 Å². The summed E-state index contributed by atoms with van der Waals surface area (Å²) in [7, 11) is 0. The second-order valence-corrected chi connectivity index (χ2v) is 4.87. The lowest BCUT2D eigenvalue weighted by Crippen LogP contribution is -2.39. The molecule has 0 aliphatic carbocycles. The average Bonchev–Trinajstić information content (AvgIpc) is 2.15. The normalized spacial score (nSPS) is 10.2. The van der Waals surface area contributed by atoms with Gasteiger partial charge in [-0.3, -0.25) is 16.1 Å². The first-order chi connectivity index (χ1) is 7.79. The van der Waals surface area contributed by atoms with Crippen molar-refractivity contribution in [3.8, 4) is 0 Å². The summed E-state index contributed by atoms with van der Waals surface area (Å²) in [5, 5.41) is 19.7. The zero-order valence-electron chi connectivity index (χ0n) is 10.8. The van der Waals surface area contributed by atoms with E-state index in [1.807, 2.05) is 24.3 Å². The van der Waals surface area contributed by atoms with Crippen molar-refractivity contribution in [2.45, 2.75) is 26.2 Å². The van der Waals surface area contributed by atoms with Crippen molar-refractivity contribution in [3.63, 3.8) is 0 Å². The van der Waals surface area contributed by atoms with Crippen LogP contribution in [0.1, 0.15) is 26.3 Å². The maximum Gasteiger partial charge on any atom is 0.199 e. The Labute approximate surface area is 114 Å². The fourth-order valence-corrected chi connectivity index (χ4v) is 1.36. The maximum atomic E-state index is 7.49. The summed E-state index contributed by atoms with van der Waals surface area (Å²) in [6.45, 7) is 6.44. The maximum absolute atomic E-state index is 7.49. The second-order valence-electron chi connectivity index (χ2n) is 4.87. The summed E-state index contributed by atoms with van der Waals surface area (Å²) >= 11 is 0. The van der Waals surface area contributed by atoms with E-state index >= 15 is 0 Å². The summed E-state index contributed by atoms with van der Waals surface area (Å²) in [6, 6.07) is 7.83. The smallest absolute Gasteiger partial charge is 0.199 e. The molecule has 1 rings (SSSR count). The van der Waals surface area contributed by atoms with Gasteiger partial charge in [0, 0.05) is 5.69 Å². The molecule has 0 amide bonds. The summed E-state index contributed by atoms with van der Waals surface area (Å²) < 4.78 is 0. The fraction of sp³-hybridized carbons (Fsp3) is 0.333. The van der Waals surface area contributed by atoms with Crippen LogP contribution in [0.25, 0.3) is 0 Å². The lowest BCUT2D eigenvalue weighted by Gasteiger charge is -2.19. The van der Waals surface area contributed by atoms with Crippen molar-refractivity contribution in [2.75, 3.05) is 5.32 Å². The SMILES string of the molecule is CC(C)(C)c1ccc(NC(=N)NC(=N)N)cc1.Cl. The van der Waals surface area contributed by atoms with Crippen molar-refractivity contribution in [3.05, 3.63) is 29.8 Å². The van der Waals surface area contributed by atoms with Gasteiger partial charge >= 0.3 is 0 Å². The third-order valence-corrected chi connectivity index (χ3v) is 2.28. The number of halogens is 1. The van der Waals surface area contributed by atoms with E-state index in [9.17, 15) is 0 Å². The Hall–Kier alpha value is -1.75. The Morgan fingerprint density at radius 2 is 1.61 bits per heavy atom. The van der Waals surface area contributed by atoms with Crippen molar-refractivity contribution in [1.82, 2.24) is 5.32 Å². The minimum absolute atomic E-state index is 0. The summed E-state index contributed by atoms with van der Waals surface area (Å²) in [4.78, 5) is 0. The lowest BCUT2D eigenvalue weighted by molar-refractivity contribution is 0.590. The molecule has 1 aromatic carbocycles. The predicted molar refractivity (Wildman–Crippen MR) is 78.8 cm³/mol. The van der Waals surface area contributed by atoms with Crippen LogP contribution in [0.2, 0.25) is 0 Å². The van der Waals surface area contributed by atoms with Gasteiger partial charge in [0.25, 0.3) is 0 Å². The van der Waals surface area contributed by atoms with E-state index in [0.29, 0.717) is 0 Å². The molecule has 0 aromatic heterocycles. The quantitative estimate of drug-likeness (QED) is 0.399. The Morgan fingerprint density at radius 3 is 2.00 bits per heavy atom. The van der Waals surface area contributed by atoms with E-state index in [1.54, 1.807) is 0 Å². The predicted octanol–water partition coefficient (Wildman–Crippen LogP) is 2.24. The van der Waals surface area contributed by atoms with E-state index in [-0.39, 0.29) is 29.7 Å². The molecule has 0 unspecified atom stereocenters. The van der Waals surface area contributed by atoms with Gasteiger partial charge in [-0.05, 0) is 23.1 Å². The number of benzene rings is 1. The molecule has 0 radical (unpaired) electrons. The van der Waals surface area contributed by atoms with Crippen LogP contribution in [0.3, 0.4) is 0 Å². The molecule has 6 N–H and O–H groups in total. The topological polar surface area (TPSA) is 97.8 Å². The molecule has 0 bridgehead atoms. The van der Waals surface area contributed by atoms with Gasteiger partial charge in [0.1, 0.15) is 0 Å². The van der Waals surface area contributed by atoms with Crippen LogP contribution in [0.15, 0.2) is 24.3 Å². The average molecular weight is 270 g/mol. The lowest BCUT2D eigenvalue weighted by atomic mass is 9.87. The van der Waals surface area contributed by atoms with Crippen molar-refractivity contribution >= 4 is 30.0 Å². The van der Waals surface area contributed by atoms with Gasteiger partial charge in [0.15, 0.2) is 11.9 Å². The molecule has 6 heteroatoms. The fourth-order valence-electron chi connectivity index (χ4n) is 1.36. The van der Waals surface area contributed by atoms with Crippen LogP contribution >= 0.6 is 12.4 Å². The highest BCUT2D eigenvalue weighted by atomic mass is 35.5. The zero-order chi connectivity index (χ0) is 13.1. The molecule has 0 aliphatic rings. The monoisotopic (exact) mass is 269 g/mol. The molecule has 0 heterocycles. The summed E-state index contributed by atoms with van der Waals surface area (Å²) in [5.41, 5.74) is 7.25. The van der Waals surface area contributed by atoms with Gasteiger partial charge in [-0.25, -0.2) is 0 Å². The number of hydrogen-bond donors (Lipinski definition) is 5. The van der Waals surface area contributed by atoms with Crippen LogP contribution in [0.5, 0.6) is 0 Å². The van der Waals surface area contributed by atoms with Crippen LogP contribution in [0, 0.1) is 10.8 Å². The molecule has 0 saturated carbocycles. The molecule has 18 heavy (non-hydrogen) atoms. The molecule has 5 nitrogen and oxygen atoms in total. The van der Waals surface area contributed by atoms with Gasteiger partial charge < -0.3 is 11.1 Å². The van der Waals surface area contributed by atoms with Crippen LogP contribution < -0.4 is 16.4 Å². The first-order valence-corrected chi connectivity index (χ1v) is 5.36. The van der Waals surface area contributed by atoms with E-state index in [4.69, 9.17) is 16.6 Å². The minimum Gasteiger partial charge on any atom is -0.370 e. The van der Waals surface area contributed by atoms with Gasteiger partial charge in [-0.1, -0.05) is 32.9 Å². The van der Waals surface area contributed by atoms with Gasteiger partial charge in [-0.15, -0.1) is 12.4 Å². The van der Waals surface area contributed by atoms with Gasteiger partial charge in [-0.2, -0.15) is 0 Å². The Bertz CT molecular complexity index is 419. The molecule has 1 aromatic rings. The van der Waals surface area contributed by atoms with Crippen molar-refractivity contribution in [1.29, 1.82) is 10.8 Å². The van der Waals surface area contributed by atoms with E-state index in [2.05, 4.69) is 31.4 Å². The van der Waals surface area contributed by atoms with E-state index in [0.717, 1.165) is 5.69 Å². The molecule has 0 fully saturated rings. The minimum atomic E-state index is -0.256. The largest absolute Gasteiger partial charge is 0.370 e. The number of anilines is 1. The number of hydrogen-bond acceptors (Lipinski definition) is 2. The highest BCUT2D eigenvalue weighted by Crippen LogP contribution is 2.23. The summed E-state index contributed by atoms with van der Waals surface area (Å²) in [5.74, 6) is -0.269. The molecular formula is C12H20ClN5. The zero-order valence-corrected chi connectivity index (χ0v) is 11.6. The molecule has 0 aliphatic heterocycles. The Balaban J connectivity index is 0.00000289. The number of rotatable bonds is 1. The number of nitrogens with two attached hydrogens (primary N) is 1. The highest BCUT2D eigenvalue weighted by molar-refractivity contribution is 6.02. The molecular weight excluding hydrogens is 250 g/mol. The standard InChI is InChI=1S/C12H19N5.ClH/c1-12(2,3)8-4-6-9(7-5-8)16-11(15)17-10(13)14;/h4-7H,1-3H3,(H6,13,14,15,16,17);1H. The van der Waals surface area contributed by atoms with E-state index in [1.165, 1.54) is 5.56 Å². The van der Waals surface area contributed by atoms with Crippen LogP contribution in [-0.4, -0.2) is 11.9 Å².